The van der Waals surface area contributed by atoms with Crippen molar-refractivity contribution in [3.05, 3.63) is 0 Å². The number of nitrogens with two attached hydrogens (primary N) is 1. The van der Waals surface area contributed by atoms with Gasteiger partial charge in [0.1, 0.15) is 0 Å². The third kappa shape index (κ3) is 3.46. The van der Waals surface area contributed by atoms with Crippen LogP contribution < -0.4 is 11.1 Å². The molecule has 2 aliphatic rings. The van der Waals surface area contributed by atoms with Crippen LogP contribution in [0.15, 0.2) is 0 Å². The third-order valence-electron chi connectivity index (χ3n) is 4.18. The summed E-state index contributed by atoms with van der Waals surface area (Å²) in [7, 11) is 0. The molecular weight excluding hydrogens is 184 g/mol. The maximum absolute atomic E-state index is 5.70. The Morgan fingerprint density at radius 1 is 1.13 bits per heavy atom. The van der Waals surface area contributed by atoms with Crippen molar-refractivity contribution in [1.29, 1.82) is 0 Å². The molecule has 2 heteroatoms. The van der Waals surface area contributed by atoms with E-state index in [9.17, 15) is 0 Å². The van der Waals surface area contributed by atoms with Crippen LogP contribution >= 0.6 is 0 Å². The lowest BCUT2D eigenvalue weighted by Gasteiger charge is -2.19. The molecule has 2 nitrogen and oxygen atoms in total. The van der Waals surface area contributed by atoms with Gasteiger partial charge in [-0.2, -0.15) is 0 Å². The van der Waals surface area contributed by atoms with E-state index in [1.54, 1.807) is 0 Å². The predicted molar refractivity (Wildman–Crippen MR) is 64.6 cm³/mol. The smallest absolute Gasteiger partial charge is 0.000844 e. The van der Waals surface area contributed by atoms with Gasteiger partial charge in [0, 0.05) is 0 Å². The molecule has 0 aliphatic heterocycles. The molecule has 15 heavy (non-hydrogen) atoms. The first kappa shape index (κ1) is 11.4. The summed E-state index contributed by atoms with van der Waals surface area (Å²) in [5.74, 6) is 3.83. The molecule has 2 fully saturated rings. The van der Waals surface area contributed by atoms with Crippen molar-refractivity contribution >= 4 is 0 Å². The van der Waals surface area contributed by atoms with Gasteiger partial charge >= 0.3 is 0 Å². The zero-order valence-corrected chi connectivity index (χ0v) is 10.0. The number of rotatable bonds is 8. The van der Waals surface area contributed by atoms with Gasteiger partial charge in [-0.25, -0.2) is 0 Å². The first-order valence-corrected chi connectivity index (χ1v) is 6.76. The lowest BCUT2D eigenvalue weighted by Crippen LogP contribution is -2.32. The topological polar surface area (TPSA) is 38.0 Å². The van der Waals surface area contributed by atoms with Gasteiger partial charge in [0.25, 0.3) is 0 Å². The van der Waals surface area contributed by atoms with E-state index in [-0.39, 0.29) is 0 Å². The summed E-state index contributed by atoms with van der Waals surface area (Å²) in [5, 5.41) is 3.65. The fraction of sp³-hybridized carbons (Fsp3) is 1.00. The molecule has 0 saturated heterocycles. The first-order chi connectivity index (χ1) is 7.35. The molecular formula is C13H26N2. The Bertz CT molecular complexity index is 169. The summed E-state index contributed by atoms with van der Waals surface area (Å²) in [4.78, 5) is 0. The highest BCUT2D eigenvalue weighted by molar-refractivity contribution is 4.92. The lowest BCUT2D eigenvalue weighted by molar-refractivity contribution is 0.359. The standard InChI is InChI=1S/C13H26N2/c1-2-10(7-14)8-15-9-13(11-3-4-11)12-5-6-12/h10-13,15H,2-9,14H2,1H3. The Morgan fingerprint density at radius 3 is 2.13 bits per heavy atom. The van der Waals surface area contributed by atoms with E-state index in [0.717, 1.165) is 30.8 Å². The van der Waals surface area contributed by atoms with Gasteiger partial charge in [-0.3, -0.25) is 0 Å². The summed E-state index contributed by atoms with van der Waals surface area (Å²) >= 11 is 0. The fourth-order valence-electron chi connectivity index (χ4n) is 2.62. The van der Waals surface area contributed by atoms with E-state index < -0.39 is 0 Å². The van der Waals surface area contributed by atoms with Crippen molar-refractivity contribution in [2.75, 3.05) is 19.6 Å². The summed E-state index contributed by atoms with van der Waals surface area (Å²) in [6.07, 6.45) is 7.20. The molecule has 0 aromatic heterocycles. The molecule has 0 heterocycles. The molecule has 0 aromatic rings. The van der Waals surface area contributed by atoms with Gasteiger partial charge in [-0.05, 0) is 69.0 Å². The second-order valence-electron chi connectivity index (χ2n) is 5.51. The van der Waals surface area contributed by atoms with E-state index in [1.807, 2.05) is 0 Å². The molecule has 0 bridgehead atoms. The van der Waals surface area contributed by atoms with E-state index >= 15 is 0 Å². The van der Waals surface area contributed by atoms with Gasteiger partial charge in [0.05, 0.1) is 0 Å². The highest BCUT2D eigenvalue weighted by atomic mass is 14.9. The molecule has 0 amide bonds. The molecule has 1 atom stereocenters. The lowest BCUT2D eigenvalue weighted by atomic mass is 9.97. The summed E-state index contributed by atoms with van der Waals surface area (Å²) in [6, 6.07) is 0. The van der Waals surface area contributed by atoms with Crippen molar-refractivity contribution in [3.63, 3.8) is 0 Å². The van der Waals surface area contributed by atoms with Gasteiger partial charge in [0.2, 0.25) is 0 Å². The minimum atomic E-state index is 0.684. The zero-order valence-electron chi connectivity index (χ0n) is 10.0. The van der Waals surface area contributed by atoms with Crippen LogP contribution in [0, 0.1) is 23.7 Å². The van der Waals surface area contributed by atoms with Crippen LogP contribution in [0.1, 0.15) is 39.0 Å². The quantitative estimate of drug-likeness (QED) is 0.643. The van der Waals surface area contributed by atoms with Crippen molar-refractivity contribution in [2.45, 2.75) is 39.0 Å². The first-order valence-electron chi connectivity index (χ1n) is 6.76. The fourth-order valence-corrected chi connectivity index (χ4v) is 2.62. The second kappa shape index (κ2) is 5.31. The van der Waals surface area contributed by atoms with E-state index in [4.69, 9.17) is 5.73 Å². The number of nitrogens with one attached hydrogen (secondary N) is 1. The van der Waals surface area contributed by atoms with Gasteiger partial charge in [-0.15, -0.1) is 0 Å². The average molecular weight is 210 g/mol. The molecule has 2 saturated carbocycles. The summed E-state index contributed by atoms with van der Waals surface area (Å²) in [6.45, 7) is 5.45. The minimum absolute atomic E-state index is 0.684. The summed E-state index contributed by atoms with van der Waals surface area (Å²) in [5.41, 5.74) is 5.70. The molecule has 0 aromatic carbocycles. The molecule has 3 N–H and O–H groups in total. The molecule has 1 unspecified atom stereocenters. The Morgan fingerprint density at radius 2 is 1.73 bits per heavy atom. The highest BCUT2D eigenvalue weighted by Gasteiger charge is 2.40. The van der Waals surface area contributed by atoms with E-state index in [2.05, 4.69) is 12.2 Å². The zero-order chi connectivity index (χ0) is 10.7. The minimum Gasteiger partial charge on any atom is -0.330 e. The number of hydrogen-bond donors (Lipinski definition) is 2. The maximum Gasteiger partial charge on any atom is -0.000844 e. The third-order valence-corrected chi connectivity index (χ3v) is 4.18. The highest BCUT2D eigenvalue weighted by Crippen LogP contribution is 2.48. The van der Waals surface area contributed by atoms with Crippen LogP contribution in [0.5, 0.6) is 0 Å². The SMILES string of the molecule is CCC(CN)CNCC(C1CC1)C1CC1. The van der Waals surface area contributed by atoms with Crippen molar-refractivity contribution < 1.29 is 0 Å². The maximum atomic E-state index is 5.70. The van der Waals surface area contributed by atoms with Crippen LogP contribution in [-0.4, -0.2) is 19.6 Å². The molecule has 2 rings (SSSR count). The van der Waals surface area contributed by atoms with Crippen LogP contribution in [0.3, 0.4) is 0 Å². The monoisotopic (exact) mass is 210 g/mol. The normalized spacial score (nSPS) is 23.4. The van der Waals surface area contributed by atoms with Crippen LogP contribution in [0.4, 0.5) is 0 Å². The second-order valence-corrected chi connectivity index (χ2v) is 5.51. The Hall–Kier alpha value is -0.0800. The van der Waals surface area contributed by atoms with Gasteiger partial charge in [0.15, 0.2) is 0 Å². The Balaban J connectivity index is 1.62. The largest absolute Gasteiger partial charge is 0.330 e. The van der Waals surface area contributed by atoms with Crippen molar-refractivity contribution in [1.82, 2.24) is 5.32 Å². The van der Waals surface area contributed by atoms with Gasteiger partial charge < -0.3 is 11.1 Å². The average Bonchev–Trinajstić information content (AvgIpc) is 3.12. The molecule has 0 spiro atoms. The van der Waals surface area contributed by atoms with Crippen molar-refractivity contribution in [2.24, 2.45) is 29.4 Å². The molecule has 2 aliphatic carbocycles. The molecule has 0 radical (unpaired) electrons. The Kier molecular flexibility index (Phi) is 4.04. The van der Waals surface area contributed by atoms with Crippen LogP contribution in [-0.2, 0) is 0 Å². The van der Waals surface area contributed by atoms with Gasteiger partial charge in [-0.1, -0.05) is 13.3 Å². The summed E-state index contributed by atoms with van der Waals surface area (Å²) < 4.78 is 0. The Labute approximate surface area is 94.0 Å². The van der Waals surface area contributed by atoms with E-state index in [1.165, 1.54) is 38.6 Å². The number of hydrogen-bond acceptors (Lipinski definition) is 2. The van der Waals surface area contributed by atoms with Crippen molar-refractivity contribution in [3.8, 4) is 0 Å². The molecule has 88 valence electrons. The van der Waals surface area contributed by atoms with E-state index in [0.29, 0.717) is 5.92 Å². The predicted octanol–water partition coefficient (Wildman–Crippen LogP) is 2.00. The van der Waals surface area contributed by atoms with Crippen LogP contribution in [0.25, 0.3) is 0 Å². The van der Waals surface area contributed by atoms with Crippen LogP contribution in [0.2, 0.25) is 0 Å².